The van der Waals surface area contributed by atoms with Crippen LogP contribution in [0.15, 0.2) is 24.3 Å². The van der Waals surface area contributed by atoms with E-state index in [1.165, 1.54) is 25.3 Å². The summed E-state index contributed by atoms with van der Waals surface area (Å²) in [6.07, 6.45) is 6.46. The maximum Gasteiger partial charge on any atom is 0.126 e. The van der Waals surface area contributed by atoms with Crippen LogP contribution in [0.25, 0.3) is 0 Å². The van der Waals surface area contributed by atoms with Crippen LogP contribution in [0, 0.1) is 17.7 Å². The highest BCUT2D eigenvalue weighted by Crippen LogP contribution is 2.36. The second kappa shape index (κ2) is 6.04. The Hall–Kier alpha value is -0.890. The fraction of sp³-hybridized carbons (Fsp3) is 0.647. The van der Waals surface area contributed by atoms with Crippen molar-refractivity contribution < 1.29 is 4.39 Å². The number of benzene rings is 1. The van der Waals surface area contributed by atoms with Crippen LogP contribution in [0.2, 0.25) is 0 Å². The lowest BCUT2D eigenvalue weighted by Gasteiger charge is -2.39. The molecule has 0 spiro atoms. The van der Waals surface area contributed by atoms with Gasteiger partial charge in [0.05, 0.1) is 0 Å². The van der Waals surface area contributed by atoms with Gasteiger partial charge in [0, 0.05) is 5.54 Å². The predicted octanol–water partition coefficient (Wildman–Crippen LogP) is 4.30. The summed E-state index contributed by atoms with van der Waals surface area (Å²) in [5.74, 6) is 1.32. The van der Waals surface area contributed by atoms with Crippen molar-refractivity contribution in [1.82, 2.24) is 0 Å². The van der Waals surface area contributed by atoms with E-state index in [1.54, 1.807) is 6.07 Å². The van der Waals surface area contributed by atoms with Crippen molar-refractivity contribution in [2.75, 3.05) is 0 Å². The fourth-order valence-electron chi connectivity index (χ4n) is 3.57. The third kappa shape index (κ3) is 4.04. The van der Waals surface area contributed by atoms with E-state index in [4.69, 9.17) is 5.73 Å². The Bertz CT molecular complexity index is 415. The van der Waals surface area contributed by atoms with Crippen LogP contribution in [0.5, 0.6) is 0 Å². The molecular weight excluding hydrogens is 237 g/mol. The van der Waals surface area contributed by atoms with Crippen LogP contribution in [0.1, 0.15) is 51.5 Å². The number of halogens is 1. The predicted molar refractivity (Wildman–Crippen MR) is 78.4 cm³/mol. The number of nitrogens with two attached hydrogens (primary N) is 1. The lowest BCUT2D eigenvalue weighted by molar-refractivity contribution is 0.199. The zero-order chi connectivity index (χ0) is 13.9. The molecule has 1 aromatic rings. The van der Waals surface area contributed by atoms with Gasteiger partial charge in [0.2, 0.25) is 0 Å². The standard InChI is InChI=1S/C17H26FN/c1-13(2)10-14-6-5-9-17(19,11-14)12-15-7-3-4-8-16(15)18/h3-4,7-8,13-14H,5-6,9-12,19H2,1-2H3. The highest BCUT2D eigenvalue weighted by atomic mass is 19.1. The normalized spacial score (nSPS) is 27.7. The molecule has 19 heavy (non-hydrogen) atoms. The molecule has 1 fully saturated rings. The summed E-state index contributed by atoms with van der Waals surface area (Å²) in [6, 6.07) is 7.05. The molecule has 0 amide bonds. The summed E-state index contributed by atoms with van der Waals surface area (Å²) in [4.78, 5) is 0. The molecule has 0 aliphatic heterocycles. The first-order chi connectivity index (χ1) is 8.98. The Labute approximate surface area is 116 Å². The van der Waals surface area contributed by atoms with E-state index >= 15 is 0 Å². The van der Waals surface area contributed by atoms with Crippen LogP contribution in [-0.2, 0) is 6.42 Å². The van der Waals surface area contributed by atoms with E-state index in [2.05, 4.69) is 13.8 Å². The van der Waals surface area contributed by atoms with Crippen molar-refractivity contribution in [1.29, 1.82) is 0 Å². The molecule has 2 N–H and O–H groups in total. The average molecular weight is 263 g/mol. The van der Waals surface area contributed by atoms with Gasteiger partial charge >= 0.3 is 0 Å². The Morgan fingerprint density at radius 3 is 2.79 bits per heavy atom. The van der Waals surface area contributed by atoms with Gasteiger partial charge in [0.25, 0.3) is 0 Å². The molecule has 2 atom stereocenters. The van der Waals surface area contributed by atoms with Gasteiger partial charge in [0.1, 0.15) is 5.82 Å². The molecule has 1 nitrogen and oxygen atoms in total. The van der Waals surface area contributed by atoms with Crippen LogP contribution < -0.4 is 5.73 Å². The smallest absolute Gasteiger partial charge is 0.126 e. The maximum atomic E-state index is 13.8. The first kappa shape index (κ1) is 14.5. The van der Waals surface area contributed by atoms with Gasteiger partial charge in [0.15, 0.2) is 0 Å². The van der Waals surface area contributed by atoms with Gasteiger partial charge in [-0.25, -0.2) is 4.39 Å². The van der Waals surface area contributed by atoms with Gasteiger partial charge in [-0.1, -0.05) is 44.9 Å². The molecule has 0 bridgehead atoms. The molecule has 0 heterocycles. The van der Waals surface area contributed by atoms with Crippen molar-refractivity contribution in [3.8, 4) is 0 Å². The molecule has 0 saturated heterocycles. The summed E-state index contributed by atoms with van der Waals surface area (Å²) in [6.45, 7) is 4.54. The second-order valence-electron chi connectivity index (χ2n) is 6.72. The van der Waals surface area contributed by atoms with Crippen molar-refractivity contribution in [2.24, 2.45) is 17.6 Å². The molecule has 0 radical (unpaired) electrons. The largest absolute Gasteiger partial charge is 0.325 e. The van der Waals surface area contributed by atoms with Crippen molar-refractivity contribution >= 4 is 0 Å². The first-order valence-electron chi connectivity index (χ1n) is 7.51. The highest BCUT2D eigenvalue weighted by molar-refractivity contribution is 5.20. The van der Waals surface area contributed by atoms with Gasteiger partial charge in [-0.05, 0) is 49.1 Å². The molecule has 2 rings (SSSR count). The number of rotatable bonds is 4. The minimum Gasteiger partial charge on any atom is -0.325 e. The Kier molecular flexibility index (Phi) is 4.62. The molecule has 1 saturated carbocycles. The van der Waals surface area contributed by atoms with E-state index in [9.17, 15) is 4.39 Å². The van der Waals surface area contributed by atoms with E-state index < -0.39 is 0 Å². The first-order valence-corrected chi connectivity index (χ1v) is 7.51. The molecule has 106 valence electrons. The van der Waals surface area contributed by atoms with E-state index in [1.807, 2.05) is 12.1 Å². The topological polar surface area (TPSA) is 26.0 Å². The minimum absolute atomic E-state index is 0.113. The van der Waals surface area contributed by atoms with Gasteiger partial charge < -0.3 is 5.73 Å². The van der Waals surface area contributed by atoms with Gasteiger partial charge in [-0.2, -0.15) is 0 Å². The molecular formula is C17H26FN. The van der Waals surface area contributed by atoms with Crippen molar-refractivity contribution in [2.45, 2.75) is 57.9 Å². The van der Waals surface area contributed by atoms with Gasteiger partial charge in [-0.15, -0.1) is 0 Å². The van der Waals surface area contributed by atoms with E-state index in [-0.39, 0.29) is 11.4 Å². The van der Waals surface area contributed by atoms with Crippen molar-refractivity contribution in [3.63, 3.8) is 0 Å². The lowest BCUT2D eigenvalue weighted by atomic mass is 9.71. The average Bonchev–Trinajstić information content (AvgIpc) is 2.31. The van der Waals surface area contributed by atoms with Crippen LogP contribution in [-0.4, -0.2) is 5.54 Å². The van der Waals surface area contributed by atoms with Crippen molar-refractivity contribution in [3.05, 3.63) is 35.6 Å². The molecule has 1 aromatic carbocycles. The van der Waals surface area contributed by atoms with Crippen LogP contribution in [0.3, 0.4) is 0 Å². The Morgan fingerprint density at radius 1 is 1.37 bits per heavy atom. The Balaban J connectivity index is 2.03. The summed E-state index contributed by atoms with van der Waals surface area (Å²) >= 11 is 0. The molecule has 2 heteroatoms. The fourth-order valence-corrected chi connectivity index (χ4v) is 3.57. The molecule has 1 aliphatic carbocycles. The zero-order valence-electron chi connectivity index (χ0n) is 12.2. The third-order valence-corrected chi connectivity index (χ3v) is 4.29. The molecule has 1 aliphatic rings. The molecule has 2 unspecified atom stereocenters. The number of hydrogen-bond acceptors (Lipinski definition) is 1. The summed E-state index contributed by atoms with van der Waals surface area (Å²) in [5, 5.41) is 0. The monoisotopic (exact) mass is 263 g/mol. The highest BCUT2D eigenvalue weighted by Gasteiger charge is 2.33. The lowest BCUT2D eigenvalue weighted by Crippen LogP contribution is -2.46. The maximum absolute atomic E-state index is 13.8. The summed E-state index contributed by atoms with van der Waals surface area (Å²) < 4.78 is 13.8. The zero-order valence-corrected chi connectivity index (χ0v) is 12.2. The second-order valence-corrected chi connectivity index (χ2v) is 6.72. The Morgan fingerprint density at radius 2 is 2.11 bits per heavy atom. The van der Waals surface area contributed by atoms with Gasteiger partial charge in [-0.3, -0.25) is 0 Å². The number of hydrogen-bond donors (Lipinski definition) is 1. The summed E-state index contributed by atoms with van der Waals surface area (Å²) in [7, 11) is 0. The van der Waals surface area contributed by atoms with Crippen LogP contribution in [0.4, 0.5) is 4.39 Å². The minimum atomic E-state index is -0.208. The summed E-state index contributed by atoms with van der Waals surface area (Å²) in [5.41, 5.74) is 7.12. The third-order valence-electron chi connectivity index (χ3n) is 4.29. The molecule has 0 aromatic heterocycles. The van der Waals surface area contributed by atoms with E-state index in [0.29, 0.717) is 12.3 Å². The van der Waals surface area contributed by atoms with E-state index in [0.717, 1.165) is 24.3 Å². The van der Waals surface area contributed by atoms with Crippen LogP contribution >= 0.6 is 0 Å². The quantitative estimate of drug-likeness (QED) is 0.861. The SMILES string of the molecule is CC(C)CC1CCCC(N)(Cc2ccccc2F)C1.